The first-order valence-corrected chi connectivity index (χ1v) is 6.17. The van der Waals surface area contributed by atoms with E-state index in [2.05, 4.69) is 5.32 Å². The van der Waals surface area contributed by atoms with Gasteiger partial charge in [-0.3, -0.25) is 0 Å². The van der Waals surface area contributed by atoms with Gasteiger partial charge in [0.2, 0.25) is 0 Å². The lowest BCUT2D eigenvalue weighted by Crippen LogP contribution is -2.47. The Bertz CT molecular complexity index is 454. The van der Waals surface area contributed by atoms with E-state index >= 15 is 0 Å². The molecule has 1 unspecified atom stereocenters. The van der Waals surface area contributed by atoms with E-state index in [4.69, 9.17) is 10.5 Å². The number of benzene rings is 1. The maximum Gasteiger partial charge on any atom is 0.416 e. The molecule has 106 valence electrons. The van der Waals surface area contributed by atoms with Gasteiger partial charge in [0.15, 0.2) is 0 Å². The maximum atomic E-state index is 12.5. The number of hydrogen-bond acceptors (Lipinski definition) is 3. The van der Waals surface area contributed by atoms with Crippen LogP contribution in [-0.4, -0.2) is 18.7 Å². The SMILES string of the molecule is CC1(Oc2ccc(C(F)(F)F)cc2N)CCCNC1. The molecule has 0 radical (unpaired) electrons. The Kier molecular flexibility index (Phi) is 3.62. The fraction of sp³-hybridized carbons (Fsp3) is 0.538. The van der Waals surface area contributed by atoms with E-state index in [9.17, 15) is 13.2 Å². The van der Waals surface area contributed by atoms with Gasteiger partial charge in [0.1, 0.15) is 11.4 Å². The van der Waals surface area contributed by atoms with E-state index in [0.717, 1.165) is 31.5 Å². The number of ether oxygens (including phenoxy) is 1. The largest absolute Gasteiger partial charge is 0.484 e. The monoisotopic (exact) mass is 274 g/mol. The maximum absolute atomic E-state index is 12.5. The molecule has 1 fully saturated rings. The van der Waals surface area contributed by atoms with Gasteiger partial charge < -0.3 is 15.8 Å². The van der Waals surface area contributed by atoms with Gasteiger partial charge >= 0.3 is 6.18 Å². The molecular formula is C13H17F3N2O. The molecule has 19 heavy (non-hydrogen) atoms. The number of nitrogens with one attached hydrogen (secondary N) is 1. The van der Waals surface area contributed by atoms with E-state index < -0.39 is 17.3 Å². The summed E-state index contributed by atoms with van der Waals surface area (Å²) in [7, 11) is 0. The van der Waals surface area contributed by atoms with Gasteiger partial charge in [-0.1, -0.05) is 0 Å². The molecular weight excluding hydrogens is 257 g/mol. The zero-order valence-corrected chi connectivity index (χ0v) is 10.7. The Labute approximate surface area is 109 Å². The van der Waals surface area contributed by atoms with Crippen LogP contribution in [0.1, 0.15) is 25.3 Å². The summed E-state index contributed by atoms with van der Waals surface area (Å²) in [6, 6.07) is 3.19. The molecule has 3 nitrogen and oxygen atoms in total. The molecule has 1 aromatic rings. The van der Waals surface area contributed by atoms with Gasteiger partial charge in [0.25, 0.3) is 0 Å². The third-order valence-corrected chi connectivity index (χ3v) is 3.25. The number of nitrogen functional groups attached to an aromatic ring is 1. The molecule has 0 bridgehead atoms. The zero-order valence-electron chi connectivity index (χ0n) is 10.7. The second-order valence-electron chi connectivity index (χ2n) is 5.08. The first-order chi connectivity index (χ1) is 8.80. The normalized spacial score (nSPS) is 24.2. The second-order valence-corrected chi connectivity index (χ2v) is 5.08. The summed E-state index contributed by atoms with van der Waals surface area (Å²) in [4.78, 5) is 0. The number of anilines is 1. The number of alkyl halides is 3. The predicted octanol–water partition coefficient (Wildman–Crippen LogP) is 2.81. The molecule has 0 amide bonds. The first-order valence-electron chi connectivity index (χ1n) is 6.17. The van der Waals surface area contributed by atoms with Crippen molar-refractivity contribution in [3.05, 3.63) is 23.8 Å². The van der Waals surface area contributed by atoms with Crippen molar-refractivity contribution in [3.8, 4) is 5.75 Å². The minimum absolute atomic E-state index is 0.0154. The summed E-state index contributed by atoms with van der Waals surface area (Å²) < 4.78 is 43.4. The first kappa shape index (κ1) is 14.0. The van der Waals surface area contributed by atoms with E-state index in [-0.39, 0.29) is 5.69 Å². The van der Waals surface area contributed by atoms with Crippen LogP contribution >= 0.6 is 0 Å². The standard InChI is InChI=1S/C13H17F3N2O/c1-12(5-2-6-18-8-12)19-11-4-3-9(7-10(11)17)13(14,15)16/h3-4,7,18H,2,5-6,8,17H2,1H3. The molecule has 0 aliphatic carbocycles. The number of hydrogen-bond donors (Lipinski definition) is 2. The Hall–Kier alpha value is -1.43. The summed E-state index contributed by atoms with van der Waals surface area (Å²) >= 11 is 0. The van der Waals surface area contributed by atoms with E-state index in [1.54, 1.807) is 0 Å². The van der Waals surface area contributed by atoms with E-state index in [1.165, 1.54) is 6.07 Å². The smallest absolute Gasteiger partial charge is 0.416 e. The van der Waals surface area contributed by atoms with Crippen LogP contribution in [0.2, 0.25) is 0 Å². The van der Waals surface area contributed by atoms with Gasteiger partial charge in [0, 0.05) is 6.54 Å². The highest BCUT2D eigenvalue weighted by Crippen LogP contribution is 2.35. The topological polar surface area (TPSA) is 47.3 Å². The van der Waals surface area contributed by atoms with Crippen molar-refractivity contribution in [3.63, 3.8) is 0 Å². The molecule has 2 rings (SSSR count). The van der Waals surface area contributed by atoms with Crippen molar-refractivity contribution in [2.24, 2.45) is 0 Å². The number of rotatable bonds is 2. The third-order valence-electron chi connectivity index (χ3n) is 3.25. The molecule has 0 aromatic heterocycles. The highest BCUT2D eigenvalue weighted by molar-refractivity contribution is 5.55. The van der Waals surface area contributed by atoms with Gasteiger partial charge in [0.05, 0.1) is 11.3 Å². The van der Waals surface area contributed by atoms with Gasteiger partial charge in [-0.15, -0.1) is 0 Å². The average Bonchev–Trinajstić information content (AvgIpc) is 2.31. The van der Waals surface area contributed by atoms with Crippen molar-refractivity contribution in [2.45, 2.75) is 31.5 Å². The molecule has 1 aliphatic heterocycles. The van der Waals surface area contributed by atoms with E-state index in [1.807, 2.05) is 6.92 Å². The second kappa shape index (κ2) is 4.92. The fourth-order valence-electron chi connectivity index (χ4n) is 2.20. The summed E-state index contributed by atoms with van der Waals surface area (Å²) in [5, 5.41) is 3.20. The Morgan fingerprint density at radius 1 is 1.37 bits per heavy atom. The quantitative estimate of drug-likeness (QED) is 0.815. The molecule has 1 aromatic carbocycles. The zero-order chi connectivity index (χ0) is 14.1. The minimum Gasteiger partial charge on any atom is -0.484 e. The fourth-order valence-corrected chi connectivity index (χ4v) is 2.20. The van der Waals surface area contributed by atoms with Crippen LogP contribution < -0.4 is 15.8 Å². The van der Waals surface area contributed by atoms with Crippen molar-refractivity contribution in [1.29, 1.82) is 0 Å². The van der Waals surface area contributed by atoms with Crippen LogP contribution in [0.25, 0.3) is 0 Å². The molecule has 0 saturated carbocycles. The van der Waals surface area contributed by atoms with Crippen LogP contribution in [0.3, 0.4) is 0 Å². The lowest BCUT2D eigenvalue weighted by molar-refractivity contribution is -0.137. The minimum atomic E-state index is -4.39. The Morgan fingerprint density at radius 3 is 2.63 bits per heavy atom. The third kappa shape index (κ3) is 3.32. The highest BCUT2D eigenvalue weighted by atomic mass is 19.4. The summed E-state index contributed by atoms with van der Waals surface area (Å²) in [6.07, 6.45) is -2.57. The van der Waals surface area contributed by atoms with Crippen LogP contribution in [0.15, 0.2) is 18.2 Å². The van der Waals surface area contributed by atoms with Crippen LogP contribution in [0.4, 0.5) is 18.9 Å². The van der Waals surface area contributed by atoms with Gasteiger partial charge in [-0.2, -0.15) is 13.2 Å². The van der Waals surface area contributed by atoms with Gasteiger partial charge in [-0.25, -0.2) is 0 Å². The molecule has 1 atom stereocenters. The number of nitrogens with two attached hydrogens (primary N) is 1. The van der Waals surface area contributed by atoms with Crippen molar-refractivity contribution >= 4 is 5.69 Å². The van der Waals surface area contributed by atoms with Crippen LogP contribution in [0, 0.1) is 0 Å². The van der Waals surface area contributed by atoms with Crippen LogP contribution in [-0.2, 0) is 6.18 Å². The molecule has 1 saturated heterocycles. The molecule has 1 heterocycles. The number of halogens is 3. The summed E-state index contributed by atoms with van der Waals surface area (Å²) in [6.45, 7) is 3.52. The lowest BCUT2D eigenvalue weighted by atomic mass is 9.96. The summed E-state index contributed by atoms with van der Waals surface area (Å²) in [5.74, 6) is 0.305. The Balaban J connectivity index is 2.17. The predicted molar refractivity (Wildman–Crippen MR) is 67.0 cm³/mol. The molecule has 6 heteroatoms. The highest BCUT2D eigenvalue weighted by Gasteiger charge is 2.32. The molecule has 0 spiro atoms. The average molecular weight is 274 g/mol. The lowest BCUT2D eigenvalue weighted by Gasteiger charge is -2.35. The van der Waals surface area contributed by atoms with Crippen molar-refractivity contribution < 1.29 is 17.9 Å². The van der Waals surface area contributed by atoms with Gasteiger partial charge in [-0.05, 0) is 44.5 Å². The Morgan fingerprint density at radius 2 is 2.11 bits per heavy atom. The van der Waals surface area contributed by atoms with E-state index in [0.29, 0.717) is 12.3 Å². The van der Waals surface area contributed by atoms with Crippen molar-refractivity contribution in [2.75, 3.05) is 18.8 Å². The molecule has 3 N–H and O–H groups in total. The summed E-state index contributed by atoms with van der Waals surface area (Å²) in [5.41, 5.74) is 4.48. The number of piperidine rings is 1. The van der Waals surface area contributed by atoms with Crippen molar-refractivity contribution in [1.82, 2.24) is 5.32 Å². The molecule has 1 aliphatic rings. The van der Waals surface area contributed by atoms with Crippen LogP contribution in [0.5, 0.6) is 5.75 Å².